The Labute approximate surface area is 631 Å². The van der Waals surface area contributed by atoms with Gasteiger partial charge in [-0.15, -0.1) is 0 Å². The number of rotatable bonds is 24. The van der Waals surface area contributed by atoms with Crippen LogP contribution in [0.1, 0.15) is 80.9 Å². The van der Waals surface area contributed by atoms with Gasteiger partial charge in [0.1, 0.15) is 23.1 Å². The topological polar surface area (TPSA) is 265 Å². The van der Waals surface area contributed by atoms with E-state index in [0.717, 1.165) is 10.8 Å². The van der Waals surface area contributed by atoms with E-state index in [-0.39, 0.29) is 31.4 Å². The van der Waals surface area contributed by atoms with Crippen LogP contribution in [0.3, 0.4) is 0 Å². The second-order valence-electron chi connectivity index (χ2n) is 24.5. The van der Waals surface area contributed by atoms with Crippen molar-refractivity contribution < 1.29 is 42.9 Å². The number of carboxylic acids is 1. The molecule has 0 spiro atoms. The number of aryl methyl sites for hydroxylation is 1. The van der Waals surface area contributed by atoms with E-state index in [4.69, 9.17) is 98.3 Å². The number of halogens is 6. The highest BCUT2D eigenvalue weighted by Crippen LogP contribution is 2.49. The molecule has 1 amide bonds. The number of hydrogen-bond donors (Lipinski definition) is 7. The highest BCUT2D eigenvalue weighted by atomic mass is 35.5. The van der Waals surface area contributed by atoms with Crippen molar-refractivity contribution in [3.8, 4) is 56.0 Å². The Morgan fingerprint density at radius 1 is 0.543 bits per heavy atom. The second-order valence-corrected chi connectivity index (χ2v) is 28.5. The molecule has 0 aliphatic carbocycles. The van der Waals surface area contributed by atoms with Crippen LogP contribution < -0.4 is 31.1 Å². The number of carbonyl (C=O) groups is 2. The average molecular weight is 1540 g/mol. The zero-order valence-corrected chi connectivity index (χ0v) is 61.5. The maximum absolute atomic E-state index is 14.4. The Morgan fingerprint density at radius 3 is 1.41 bits per heavy atom. The molecule has 0 radical (unpaired) electrons. The molecule has 0 saturated heterocycles. The Hall–Kier alpha value is -9.83. The van der Waals surface area contributed by atoms with Gasteiger partial charge < -0.3 is 39.5 Å². The van der Waals surface area contributed by atoms with E-state index in [1.807, 2.05) is 78.9 Å². The van der Waals surface area contributed by atoms with E-state index in [0.29, 0.717) is 153 Å². The number of H-pyrrole nitrogens is 3. The number of amides is 1. The van der Waals surface area contributed by atoms with Gasteiger partial charge in [0.05, 0.1) is 73.7 Å². The minimum atomic E-state index is -5.23. The lowest BCUT2D eigenvalue weighted by Gasteiger charge is -2.37. The number of ether oxygens (including phenoxy) is 3. The molecule has 2 aliphatic rings. The summed E-state index contributed by atoms with van der Waals surface area (Å²) in [6.07, 6.45) is 7.05. The molecule has 0 saturated carbocycles. The van der Waals surface area contributed by atoms with E-state index in [9.17, 15) is 33.7 Å². The molecule has 532 valence electrons. The fourth-order valence-electron chi connectivity index (χ4n) is 12.9. The first-order valence-electron chi connectivity index (χ1n) is 32.8. The van der Waals surface area contributed by atoms with Gasteiger partial charge in [0.2, 0.25) is 0 Å². The molecular formula is C79H63Cl6N8O11P. The number of fused-ring (bicyclic) bond motifs is 8. The van der Waals surface area contributed by atoms with Crippen LogP contribution in [0.25, 0.3) is 90.9 Å². The lowest BCUT2D eigenvalue weighted by atomic mass is 9.80. The molecule has 105 heavy (non-hydrogen) atoms. The van der Waals surface area contributed by atoms with Crippen LogP contribution in [0.4, 0.5) is 0 Å². The molecule has 0 fully saturated rings. The summed E-state index contributed by atoms with van der Waals surface area (Å²) in [5, 5.41) is 17.9. The van der Waals surface area contributed by atoms with Crippen molar-refractivity contribution in [1.82, 2.24) is 39.9 Å². The third-order valence-electron chi connectivity index (χ3n) is 18.0. The summed E-state index contributed by atoms with van der Waals surface area (Å²) in [5.74, 6) is -0.829. The summed E-state index contributed by atoms with van der Waals surface area (Å²) in [6.45, 7) is 0.876. The van der Waals surface area contributed by atoms with Gasteiger partial charge in [-0.05, 0) is 170 Å². The first kappa shape index (κ1) is 73.5. The van der Waals surface area contributed by atoms with Crippen molar-refractivity contribution in [2.24, 2.45) is 0 Å². The predicted molar refractivity (Wildman–Crippen MR) is 416 cm³/mol. The maximum Gasteiger partial charge on any atom is 0.405 e. The smallest absolute Gasteiger partial charge is 0.405 e. The molecule has 7 N–H and O–H groups in total. The number of aromatic nitrogens is 6. The van der Waals surface area contributed by atoms with Crippen LogP contribution in [0.2, 0.25) is 30.1 Å². The van der Waals surface area contributed by atoms with Crippen molar-refractivity contribution in [3.05, 3.63) is 290 Å². The Kier molecular flexibility index (Phi) is 22.0. The van der Waals surface area contributed by atoms with Crippen LogP contribution in [0.15, 0.2) is 198 Å². The molecule has 7 aromatic carbocycles. The number of nitrogens with one attached hydrogen (secondary N) is 5. The van der Waals surface area contributed by atoms with Crippen LogP contribution in [0, 0.1) is 6.92 Å². The van der Waals surface area contributed by atoms with E-state index >= 15 is 0 Å². The molecule has 26 heteroatoms. The molecule has 6 heterocycles. The van der Waals surface area contributed by atoms with Crippen LogP contribution in [-0.2, 0) is 24.2 Å². The zero-order chi connectivity index (χ0) is 73.8. The molecule has 3 unspecified atom stereocenters. The van der Waals surface area contributed by atoms with E-state index < -0.39 is 55.3 Å². The minimum Gasteiger partial charge on any atom is -0.497 e. The highest BCUT2D eigenvalue weighted by molar-refractivity contribution is 7.50. The van der Waals surface area contributed by atoms with Gasteiger partial charge in [0.15, 0.2) is 6.23 Å². The van der Waals surface area contributed by atoms with Crippen LogP contribution in [-0.4, -0.2) is 84.8 Å². The predicted octanol–water partition coefficient (Wildman–Crippen LogP) is 18.7. The molecule has 4 aromatic heterocycles. The number of unbranched alkanes of at least 4 members (excludes halogenated alkanes) is 1. The Balaban J connectivity index is 0.779. The maximum atomic E-state index is 14.4. The summed E-state index contributed by atoms with van der Waals surface area (Å²) in [5.41, 5.74) is 7.99. The van der Waals surface area contributed by atoms with Crippen molar-refractivity contribution in [2.45, 2.75) is 44.1 Å². The first-order valence-corrected chi connectivity index (χ1v) is 36.7. The summed E-state index contributed by atoms with van der Waals surface area (Å²) in [4.78, 5) is 85.1. The monoisotopic (exact) mass is 1540 g/mol. The lowest BCUT2D eigenvalue weighted by Crippen LogP contribution is -2.40. The number of hydrogen-bond acceptors (Lipinski definition) is 11. The molecule has 2 aliphatic heterocycles. The Bertz CT molecular complexity index is 5460. The Morgan fingerprint density at radius 2 is 0.971 bits per heavy atom. The number of aromatic amines is 3. The van der Waals surface area contributed by atoms with Crippen molar-refractivity contribution in [3.63, 3.8) is 0 Å². The SMILES string of the molecule is COc1ccc(C(OCC(OP(=O)(O)NC(CCCCNC(=O)c2ccc(-c3c4nc(c(-c5c(Cl)cccc5Cl)c5ccc([nH]5)c(-c5c(Cl)cccc5Cl)c5nc(c(-c6c(Cl)cccc6Cl)c6ccc3[nH]6)C=C5)C=C4)cc2)C(=O)O)n2cc(C)c(=O)[nH]c2=O)(c2ccccc2)c2ccc(OC)cc2)cc1. The van der Waals surface area contributed by atoms with Gasteiger partial charge in [-0.2, -0.15) is 0 Å². The zero-order valence-electron chi connectivity index (χ0n) is 56.0. The normalized spacial score (nSPS) is 13.1. The number of carbonyl (C=O) groups excluding carboxylic acids is 1. The van der Waals surface area contributed by atoms with Gasteiger partial charge in [-0.25, -0.2) is 24.4 Å². The second kappa shape index (κ2) is 31.5. The number of methoxy groups -OCH3 is 2. The largest absolute Gasteiger partial charge is 0.497 e. The number of aliphatic carboxylic acids is 1. The highest BCUT2D eigenvalue weighted by Gasteiger charge is 2.41. The molecular weight excluding hydrogens is 1480 g/mol. The minimum absolute atomic E-state index is 0.0530. The molecule has 19 nitrogen and oxygen atoms in total. The fraction of sp³-hybridized carbons (Fsp3) is 0.139. The average Bonchev–Trinajstić information content (AvgIpc) is 1.71. The van der Waals surface area contributed by atoms with Crippen molar-refractivity contribution >= 4 is 136 Å². The lowest BCUT2D eigenvalue weighted by molar-refractivity contribution is -0.139. The summed E-state index contributed by atoms with van der Waals surface area (Å²) in [7, 11) is -2.17. The van der Waals surface area contributed by atoms with Gasteiger partial charge in [-0.3, -0.25) is 28.5 Å². The first-order chi connectivity index (χ1) is 50.6. The van der Waals surface area contributed by atoms with Gasteiger partial charge >= 0.3 is 19.4 Å². The van der Waals surface area contributed by atoms with E-state index in [1.54, 1.807) is 127 Å². The summed E-state index contributed by atoms with van der Waals surface area (Å²) >= 11 is 42.4. The van der Waals surface area contributed by atoms with E-state index in [2.05, 4.69) is 25.4 Å². The molecule has 8 bridgehead atoms. The van der Waals surface area contributed by atoms with Crippen molar-refractivity contribution in [2.75, 3.05) is 27.4 Å². The molecule has 3 atom stereocenters. The van der Waals surface area contributed by atoms with Gasteiger partial charge in [0, 0.05) is 84.9 Å². The third kappa shape index (κ3) is 15.4. The molecule has 13 rings (SSSR count). The third-order valence-corrected chi connectivity index (χ3v) is 21.0. The number of benzene rings is 7. The fourth-order valence-corrected chi connectivity index (χ4v) is 15.9. The van der Waals surface area contributed by atoms with Gasteiger partial charge in [-0.1, -0.05) is 155 Å². The number of carboxylic acid groups (broad SMARTS) is 1. The summed E-state index contributed by atoms with van der Waals surface area (Å²) < 4.78 is 39.1. The summed E-state index contributed by atoms with van der Waals surface area (Å²) in [6, 6.07) is 51.9. The van der Waals surface area contributed by atoms with Gasteiger partial charge in [0.25, 0.3) is 11.5 Å². The quantitative estimate of drug-likeness (QED) is 0.0169. The van der Waals surface area contributed by atoms with Crippen LogP contribution >= 0.6 is 77.4 Å². The molecule has 11 aromatic rings. The number of nitrogens with zero attached hydrogens (tertiary/aromatic N) is 3. The van der Waals surface area contributed by atoms with E-state index in [1.165, 1.54) is 21.1 Å². The standard InChI is InChI=1S/C79H63Cl6N8O11P/c1-44-42-93(78(98)91-75(44)94)67(43-103-79(47-12-5-4-6-13-47,48-25-29-50(101-2)30-26-48)49-27-31-51(102-3)32-28-49)104-105(99,100)92-66(77(96)97)20-7-8-41-86-76(95)46-23-21-45(22-24-46)68-58-33-35-60(87-58)72(69-52(80)14-9-15-53(69)81)62-37-39-64(89-62)74(71-56(84)18-11-19-57(71)85)65-40-38-63(90-65)73(61-36-34-59(68)88-61)70-54(82)16-10-17-55(70)83/h4-6,9-19,21-40,42,66-67,87,90H,7-8,20,41,43H2,1-3H3,(H,86,95)(H,96,97)(H,91,94,98)(H2,92,99,100). The van der Waals surface area contributed by atoms with Crippen molar-refractivity contribution in [1.29, 1.82) is 0 Å². The van der Waals surface area contributed by atoms with Crippen LogP contribution in [0.5, 0.6) is 11.5 Å².